The number of hydrogen-bond donors (Lipinski definition) is 2. The quantitative estimate of drug-likeness (QED) is 0.758. The summed E-state index contributed by atoms with van der Waals surface area (Å²) in [6.07, 6.45) is -0.597. The molecule has 6 atom stereocenters. The highest BCUT2D eigenvalue weighted by Crippen LogP contribution is 2.41. The van der Waals surface area contributed by atoms with E-state index in [9.17, 15) is 10.2 Å². The smallest absolute Gasteiger partial charge is 0.173 e. The van der Waals surface area contributed by atoms with Gasteiger partial charge in [0.1, 0.15) is 6.10 Å². The van der Waals surface area contributed by atoms with Gasteiger partial charge in [-0.3, -0.25) is 4.90 Å². The Balaban J connectivity index is 2.25. The molecule has 0 bridgehead atoms. The molecular weight excluding hydrogens is 234 g/mol. The predicted octanol–water partition coefficient (Wildman–Crippen LogP) is 0.198. The molecule has 0 aliphatic carbocycles. The Morgan fingerprint density at radius 3 is 2.61 bits per heavy atom. The zero-order chi connectivity index (χ0) is 13.4. The second-order valence-corrected chi connectivity index (χ2v) is 5.73. The van der Waals surface area contributed by atoms with E-state index in [4.69, 9.17) is 9.47 Å². The molecule has 0 aromatic rings. The van der Waals surface area contributed by atoms with E-state index in [1.807, 2.05) is 0 Å². The Bertz CT molecular complexity index is 286. The molecule has 2 rings (SSSR count). The number of aliphatic hydroxyl groups is 2. The first kappa shape index (κ1) is 14.2. The third-order valence-electron chi connectivity index (χ3n) is 4.32. The maximum Gasteiger partial charge on any atom is 0.173 e. The average molecular weight is 259 g/mol. The number of hydrogen-bond acceptors (Lipinski definition) is 5. The molecule has 5 heteroatoms. The lowest BCUT2D eigenvalue weighted by molar-refractivity contribution is -0.259. The third kappa shape index (κ3) is 2.18. The molecular formula is C13H25NO4. The first-order chi connectivity index (χ1) is 8.51. The van der Waals surface area contributed by atoms with Gasteiger partial charge in [-0.05, 0) is 27.2 Å². The van der Waals surface area contributed by atoms with Crippen molar-refractivity contribution in [3.8, 4) is 0 Å². The van der Waals surface area contributed by atoms with E-state index in [-0.39, 0.29) is 24.9 Å². The van der Waals surface area contributed by atoms with Crippen molar-refractivity contribution in [2.75, 3.05) is 13.7 Å². The molecule has 0 aromatic carbocycles. The van der Waals surface area contributed by atoms with Crippen LogP contribution in [0.25, 0.3) is 0 Å². The lowest BCUT2D eigenvalue weighted by atomic mass is 9.87. The van der Waals surface area contributed by atoms with Crippen LogP contribution < -0.4 is 0 Å². The molecule has 2 saturated heterocycles. The van der Waals surface area contributed by atoms with E-state index >= 15 is 0 Å². The summed E-state index contributed by atoms with van der Waals surface area (Å²) in [5, 5.41) is 19.6. The first-order valence-corrected chi connectivity index (χ1v) is 6.75. The fourth-order valence-corrected chi connectivity index (χ4v) is 3.66. The molecule has 106 valence electrons. The molecule has 2 fully saturated rings. The Labute approximate surface area is 109 Å². The summed E-state index contributed by atoms with van der Waals surface area (Å²) in [5.74, 6) is 0.109. The van der Waals surface area contributed by atoms with Crippen LogP contribution in [-0.4, -0.2) is 65.5 Å². The van der Waals surface area contributed by atoms with E-state index < -0.39 is 12.2 Å². The fourth-order valence-electron chi connectivity index (χ4n) is 3.66. The minimum atomic E-state index is -0.613. The number of aliphatic hydroxyl groups excluding tert-OH is 2. The highest BCUT2D eigenvalue weighted by molar-refractivity contribution is 5.02. The topological polar surface area (TPSA) is 62.2 Å². The van der Waals surface area contributed by atoms with E-state index in [1.54, 1.807) is 7.11 Å². The normalized spacial score (nSPS) is 45.5. The minimum absolute atomic E-state index is 0.0720. The van der Waals surface area contributed by atoms with Crippen molar-refractivity contribution in [1.82, 2.24) is 4.90 Å². The van der Waals surface area contributed by atoms with Crippen LogP contribution in [-0.2, 0) is 9.47 Å². The molecule has 2 aliphatic heterocycles. The van der Waals surface area contributed by atoms with Crippen LogP contribution in [0.5, 0.6) is 0 Å². The molecule has 2 N–H and O–H groups in total. The van der Waals surface area contributed by atoms with Crippen LogP contribution in [0.3, 0.4) is 0 Å². The van der Waals surface area contributed by atoms with Gasteiger partial charge >= 0.3 is 0 Å². The molecule has 18 heavy (non-hydrogen) atoms. The van der Waals surface area contributed by atoms with Gasteiger partial charge in [0.05, 0.1) is 18.8 Å². The fraction of sp³-hybridized carbons (Fsp3) is 1.00. The summed E-state index contributed by atoms with van der Waals surface area (Å²) >= 11 is 0. The van der Waals surface area contributed by atoms with Gasteiger partial charge in [-0.25, -0.2) is 0 Å². The maximum atomic E-state index is 10.3. The summed E-state index contributed by atoms with van der Waals surface area (Å²) in [7, 11) is 1.62. The van der Waals surface area contributed by atoms with Gasteiger partial charge < -0.3 is 19.7 Å². The van der Waals surface area contributed by atoms with Crippen molar-refractivity contribution in [3.63, 3.8) is 0 Å². The van der Waals surface area contributed by atoms with E-state index in [0.717, 1.165) is 6.42 Å². The van der Waals surface area contributed by atoms with Gasteiger partial charge in [0.25, 0.3) is 0 Å². The molecule has 0 spiro atoms. The van der Waals surface area contributed by atoms with Gasteiger partial charge in [-0.15, -0.1) is 0 Å². The number of likely N-dealkylation sites (tertiary alicyclic amines) is 1. The molecule has 0 aromatic heterocycles. The summed E-state index contributed by atoms with van der Waals surface area (Å²) in [5.41, 5.74) is 0. The molecule has 0 amide bonds. The molecule has 2 aliphatic rings. The Hall–Kier alpha value is -0.200. The van der Waals surface area contributed by atoms with Crippen LogP contribution in [0.1, 0.15) is 27.2 Å². The van der Waals surface area contributed by atoms with Crippen LogP contribution in [0, 0.1) is 5.92 Å². The zero-order valence-electron chi connectivity index (χ0n) is 11.6. The van der Waals surface area contributed by atoms with Crippen LogP contribution in [0.2, 0.25) is 0 Å². The third-order valence-corrected chi connectivity index (χ3v) is 4.32. The largest absolute Gasteiger partial charge is 0.394 e. The number of methoxy groups -OCH3 is 1. The zero-order valence-corrected chi connectivity index (χ0v) is 11.6. The van der Waals surface area contributed by atoms with E-state index in [0.29, 0.717) is 12.1 Å². The second-order valence-electron chi connectivity index (χ2n) is 5.73. The predicted molar refractivity (Wildman–Crippen MR) is 67.1 cm³/mol. The van der Waals surface area contributed by atoms with Gasteiger partial charge in [0, 0.05) is 25.1 Å². The summed E-state index contributed by atoms with van der Waals surface area (Å²) < 4.78 is 11.1. The summed E-state index contributed by atoms with van der Waals surface area (Å²) in [4.78, 5) is 2.36. The molecule has 0 saturated carbocycles. The van der Waals surface area contributed by atoms with Gasteiger partial charge in [0.2, 0.25) is 0 Å². The number of rotatable bonds is 3. The van der Waals surface area contributed by atoms with Crippen molar-refractivity contribution in [3.05, 3.63) is 0 Å². The van der Waals surface area contributed by atoms with Gasteiger partial charge in [0.15, 0.2) is 6.29 Å². The number of fused-ring (bicyclic) bond motifs is 1. The lowest BCUT2D eigenvalue weighted by Gasteiger charge is -2.45. The second kappa shape index (κ2) is 5.43. The minimum Gasteiger partial charge on any atom is -0.394 e. The summed E-state index contributed by atoms with van der Waals surface area (Å²) in [6, 6.07) is 0.852. The number of ether oxygens (including phenoxy) is 2. The SMILES string of the molecule is CO[C@H]1O[C@H](CO)[C@@H](O)[C@@H]2C[C@H](C)N(C(C)C)[C@H]12. The van der Waals surface area contributed by atoms with Crippen molar-refractivity contribution < 1.29 is 19.7 Å². The van der Waals surface area contributed by atoms with Gasteiger partial charge in [-0.2, -0.15) is 0 Å². The first-order valence-electron chi connectivity index (χ1n) is 6.75. The van der Waals surface area contributed by atoms with E-state index in [1.165, 1.54) is 0 Å². The Kier molecular flexibility index (Phi) is 4.29. The highest BCUT2D eigenvalue weighted by Gasteiger charge is 2.53. The molecule has 5 nitrogen and oxygen atoms in total. The van der Waals surface area contributed by atoms with Crippen molar-refractivity contribution in [2.24, 2.45) is 5.92 Å². The van der Waals surface area contributed by atoms with Crippen molar-refractivity contribution in [2.45, 2.75) is 63.8 Å². The highest BCUT2D eigenvalue weighted by atomic mass is 16.7. The molecule has 0 unspecified atom stereocenters. The standard InChI is InChI=1S/C13H25NO4/c1-7(2)14-8(3)5-9-11(14)13(17-4)18-10(6-15)12(9)16/h7-13,15-16H,5-6H2,1-4H3/t8-,9+,10+,11-,12-,13-/m0/s1. The monoisotopic (exact) mass is 259 g/mol. The van der Waals surface area contributed by atoms with E-state index in [2.05, 4.69) is 25.7 Å². The maximum absolute atomic E-state index is 10.3. The lowest BCUT2D eigenvalue weighted by Crippen LogP contribution is -2.59. The van der Waals surface area contributed by atoms with Crippen molar-refractivity contribution in [1.29, 1.82) is 0 Å². The van der Waals surface area contributed by atoms with Crippen LogP contribution in [0.4, 0.5) is 0 Å². The van der Waals surface area contributed by atoms with Crippen molar-refractivity contribution >= 4 is 0 Å². The average Bonchev–Trinajstić information content (AvgIpc) is 2.68. The molecule has 0 radical (unpaired) electrons. The van der Waals surface area contributed by atoms with Crippen LogP contribution in [0.15, 0.2) is 0 Å². The summed E-state index contributed by atoms with van der Waals surface area (Å²) in [6.45, 7) is 6.30. The molecule has 2 heterocycles. The number of nitrogens with zero attached hydrogens (tertiary/aromatic N) is 1. The Morgan fingerprint density at radius 1 is 1.44 bits per heavy atom. The van der Waals surface area contributed by atoms with Gasteiger partial charge in [-0.1, -0.05) is 0 Å². The van der Waals surface area contributed by atoms with Crippen LogP contribution >= 0.6 is 0 Å². The Morgan fingerprint density at radius 2 is 2.11 bits per heavy atom.